The molecule has 0 radical (unpaired) electrons. The summed E-state index contributed by atoms with van der Waals surface area (Å²) in [4.78, 5) is 13.0. The van der Waals surface area contributed by atoms with Crippen LogP contribution in [0.1, 0.15) is 35.5 Å². The lowest BCUT2D eigenvalue weighted by atomic mass is 10.1. The van der Waals surface area contributed by atoms with Crippen molar-refractivity contribution in [1.82, 2.24) is 4.57 Å². The van der Waals surface area contributed by atoms with Crippen LogP contribution in [0.2, 0.25) is 0 Å². The lowest BCUT2D eigenvalue weighted by Crippen LogP contribution is -2.18. The zero-order valence-corrected chi connectivity index (χ0v) is 17.1. The molecule has 136 valence electrons. The molecule has 0 atom stereocenters. The number of nitrogens with zero attached hydrogens (tertiary/aromatic N) is 1. The van der Waals surface area contributed by atoms with Crippen molar-refractivity contribution in [3.63, 3.8) is 0 Å². The van der Waals surface area contributed by atoms with Crippen molar-refractivity contribution in [2.75, 3.05) is 11.9 Å². The van der Waals surface area contributed by atoms with Gasteiger partial charge in [-0.3, -0.25) is 4.79 Å². The van der Waals surface area contributed by atoms with Gasteiger partial charge in [-0.2, -0.15) is 0 Å². The van der Waals surface area contributed by atoms with Crippen molar-refractivity contribution in [2.24, 2.45) is 0 Å². The van der Waals surface area contributed by atoms with E-state index in [4.69, 9.17) is 4.74 Å². The molecule has 1 N–H and O–H groups in total. The van der Waals surface area contributed by atoms with Gasteiger partial charge in [-0.25, -0.2) is 0 Å². The molecule has 0 unspecified atom stereocenters. The Morgan fingerprint density at radius 3 is 2.58 bits per heavy atom. The zero-order chi connectivity index (χ0) is 18.8. The molecule has 0 spiro atoms. The Labute approximate surface area is 162 Å². The molecule has 0 saturated heterocycles. The van der Waals surface area contributed by atoms with Gasteiger partial charge < -0.3 is 14.6 Å². The van der Waals surface area contributed by atoms with Gasteiger partial charge in [0.2, 0.25) is 0 Å². The summed E-state index contributed by atoms with van der Waals surface area (Å²) >= 11 is 3.53. The number of carbonyl (C=O) groups excluding carboxylic acids is 1. The largest absolute Gasteiger partial charge is 0.494 e. The summed E-state index contributed by atoms with van der Waals surface area (Å²) in [5.74, 6) is 0.715. The topological polar surface area (TPSA) is 43.3 Å². The van der Waals surface area contributed by atoms with Crippen LogP contribution in [0.4, 0.5) is 5.69 Å². The van der Waals surface area contributed by atoms with Crippen LogP contribution in [0.15, 0.2) is 40.9 Å². The van der Waals surface area contributed by atoms with Gasteiger partial charge >= 0.3 is 0 Å². The van der Waals surface area contributed by atoms with Crippen molar-refractivity contribution in [2.45, 2.75) is 34.2 Å². The second kappa shape index (κ2) is 7.54. The highest BCUT2D eigenvalue weighted by Gasteiger charge is 2.20. The van der Waals surface area contributed by atoms with E-state index in [9.17, 15) is 4.79 Å². The van der Waals surface area contributed by atoms with Crippen LogP contribution in [-0.2, 0) is 6.54 Å². The van der Waals surface area contributed by atoms with E-state index >= 15 is 0 Å². The maximum Gasteiger partial charge on any atom is 0.272 e. The molecule has 0 fully saturated rings. The zero-order valence-electron chi connectivity index (χ0n) is 15.5. The Bertz CT molecular complexity index is 976. The summed E-state index contributed by atoms with van der Waals surface area (Å²) in [6, 6.07) is 11.9. The number of carbonyl (C=O) groups is 1. The number of fused-ring (bicyclic) bond motifs is 1. The van der Waals surface area contributed by atoms with Crippen molar-refractivity contribution in [3.8, 4) is 5.75 Å². The number of hydrogen-bond acceptors (Lipinski definition) is 2. The van der Waals surface area contributed by atoms with Gasteiger partial charge in [0.1, 0.15) is 11.4 Å². The standard InChI is InChI=1S/C21H23BrN2O2/c1-5-24-19-10-8-15(26-6-2)12-16(19)14(4)20(24)21(25)23-18-9-7-13(3)11-17(18)22/h7-12H,5-6H2,1-4H3,(H,23,25). The fourth-order valence-electron chi connectivity index (χ4n) is 3.28. The Kier molecular flexibility index (Phi) is 5.37. The van der Waals surface area contributed by atoms with E-state index in [1.54, 1.807) is 0 Å². The third kappa shape index (κ3) is 3.36. The van der Waals surface area contributed by atoms with Crippen LogP contribution in [-0.4, -0.2) is 17.1 Å². The van der Waals surface area contributed by atoms with Gasteiger partial charge in [-0.15, -0.1) is 0 Å². The molecule has 3 aromatic rings. The fraction of sp³-hybridized carbons (Fsp3) is 0.286. The smallest absolute Gasteiger partial charge is 0.272 e. The molecule has 1 amide bonds. The molecule has 26 heavy (non-hydrogen) atoms. The predicted molar refractivity (Wildman–Crippen MR) is 110 cm³/mol. The quantitative estimate of drug-likeness (QED) is 0.582. The molecule has 0 aliphatic heterocycles. The van der Waals surface area contributed by atoms with Crippen LogP contribution in [0.25, 0.3) is 10.9 Å². The molecular formula is C21H23BrN2O2. The fourth-order valence-corrected chi connectivity index (χ4v) is 3.87. The lowest BCUT2D eigenvalue weighted by Gasteiger charge is -2.11. The van der Waals surface area contributed by atoms with E-state index in [1.165, 1.54) is 0 Å². The van der Waals surface area contributed by atoms with E-state index < -0.39 is 0 Å². The summed E-state index contributed by atoms with van der Waals surface area (Å²) < 4.78 is 8.55. The van der Waals surface area contributed by atoms with Gasteiger partial charge in [-0.1, -0.05) is 6.07 Å². The second-order valence-corrected chi connectivity index (χ2v) is 7.12. The molecule has 2 aromatic carbocycles. The average Bonchev–Trinajstić information content (AvgIpc) is 2.89. The molecule has 5 heteroatoms. The molecule has 0 aliphatic rings. The highest BCUT2D eigenvalue weighted by atomic mass is 79.9. The molecule has 0 saturated carbocycles. The molecule has 0 aliphatic carbocycles. The summed E-state index contributed by atoms with van der Waals surface area (Å²) in [5.41, 5.74) is 4.59. The van der Waals surface area contributed by atoms with Crippen molar-refractivity contribution >= 4 is 38.4 Å². The number of hydrogen-bond donors (Lipinski definition) is 1. The highest BCUT2D eigenvalue weighted by molar-refractivity contribution is 9.10. The highest BCUT2D eigenvalue weighted by Crippen LogP contribution is 2.31. The first kappa shape index (κ1) is 18.5. The molecule has 4 nitrogen and oxygen atoms in total. The van der Waals surface area contributed by atoms with E-state index in [1.807, 2.05) is 64.1 Å². The van der Waals surface area contributed by atoms with Crippen LogP contribution < -0.4 is 10.1 Å². The van der Waals surface area contributed by atoms with Crippen LogP contribution >= 0.6 is 15.9 Å². The SMILES string of the molecule is CCOc1ccc2c(c1)c(C)c(C(=O)Nc1ccc(C)cc1Br)n2CC. The number of rotatable bonds is 5. The van der Waals surface area contributed by atoms with E-state index in [0.717, 1.165) is 44.5 Å². The van der Waals surface area contributed by atoms with Gasteiger partial charge in [0.15, 0.2) is 0 Å². The second-order valence-electron chi connectivity index (χ2n) is 6.27. The number of aryl methyl sites for hydroxylation is 3. The Hall–Kier alpha value is -2.27. The summed E-state index contributed by atoms with van der Waals surface area (Å²) in [6.07, 6.45) is 0. The third-order valence-electron chi connectivity index (χ3n) is 4.50. The number of anilines is 1. The summed E-state index contributed by atoms with van der Waals surface area (Å²) in [6.45, 7) is 9.36. The van der Waals surface area contributed by atoms with E-state index in [2.05, 4.69) is 25.8 Å². The third-order valence-corrected chi connectivity index (χ3v) is 5.16. The van der Waals surface area contributed by atoms with Crippen LogP contribution in [0, 0.1) is 13.8 Å². The minimum atomic E-state index is -0.108. The maximum absolute atomic E-state index is 13.0. The van der Waals surface area contributed by atoms with E-state index in [0.29, 0.717) is 12.3 Å². The molecule has 3 rings (SSSR count). The van der Waals surface area contributed by atoms with Crippen molar-refractivity contribution in [3.05, 3.63) is 57.7 Å². The van der Waals surface area contributed by atoms with Crippen molar-refractivity contribution < 1.29 is 9.53 Å². The number of halogens is 1. The monoisotopic (exact) mass is 414 g/mol. The Morgan fingerprint density at radius 2 is 1.92 bits per heavy atom. The number of ether oxygens (including phenoxy) is 1. The average molecular weight is 415 g/mol. The summed E-state index contributed by atoms with van der Waals surface area (Å²) in [7, 11) is 0. The van der Waals surface area contributed by atoms with Crippen LogP contribution in [0.3, 0.4) is 0 Å². The minimum Gasteiger partial charge on any atom is -0.494 e. The van der Waals surface area contributed by atoms with Gasteiger partial charge in [0, 0.05) is 21.9 Å². The van der Waals surface area contributed by atoms with Crippen LogP contribution in [0.5, 0.6) is 5.75 Å². The van der Waals surface area contributed by atoms with Gasteiger partial charge in [-0.05, 0) is 85.1 Å². The molecule has 1 aromatic heterocycles. The minimum absolute atomic E-state index is 0.108. The first-order valence-corrected chi connectivity index (χ1v) is 9.58. The maximum atomic E-state index is 13.0. The summed E-state index contributed by atoms with van der Waals surface area (Å²) in [5, 5.41) is 4.08. The number of benzene rings is 2. The number of nitrogens with one attached hydrogen (secondary N) is 1. The molecule has 0 bridgehead atoms. The van der Waals surface area contributed by atoms with Gasteiger partial charge in [0.25, 0.3) is 5.91 Å². The number of amides is 1. The number of aromatic nitrogens is 1. The normalized spacial score (nSPS) is 11.0. The lowest BCUT2D eigenvalue weighted by molar-refractivity contribution is 0.101. The molecule has 1 heterocycles. The Balaban J connectivity index is 2.05. The van der Waals surface area contributed by atoms with Gasteiger partial charge in [0.05, 0.1) is 12.3 Å². The van der Waals surface area contributed by atoms with Crippen molar-refractivity contribution in [1.29, 1.82) is 0 Å². The predicted octanol–water partition coefficient (Wildman–Crippen LogP) is 5.69. The first-order chi connectivity index (χ1) is 12.5. The van der Waals surface area contributed by atoms with E-state index in [-0.39, 0.29) is 5.91 Å². The first-order valence-electron chi connectivity index (χ1n) is 8.79. The molecular weight excluding hydrogens is 392 g/mol. The Morgan fingerprint density at radius 1 is 1.15 bits per heavy atom.